The summed E-state index contributed by atoms with van der Waals surface area (Å²) in [5.74, 6) is 0.911. The molecule has 0 aliphatic carbocycles. The third-order valence-corrected chi connectivity index (χ3v) is 4.31. The number of halogens is 2. The molecule has 0 bridgehead atoms. The van der Waals surface area contributed by atoms with Gasteiger partial charge in [-0.25, -0.2) is 4.98 Å². The molecule has 1 atom stereocenters. The normalized spacial score (nSPS) is 12.7. The van der Waals surface area contributed by atoms with Gasteiger partial charge in [-0.3, -0.25) is 0 Å². The summed E-state index contributed by atoms with van der Waals surface area (Å²) < 4.78 is 0. The Bertz CT molecular complexity index is 734. The molecular formula is C16H15Cl2N3. The monoisotopic (exact) mass is 319 g/mol. The van der Waals surface area contributed by atoms with Crippen molar-refractivity contribution in [3.05, 3.63) is 63.9 Å². The Morgan fingerprint density at radius 2 is 1.95 bits per heavy atom. The second-order valence-electron chi connectivity index (χ2n) is 4.95. The number of fused-ring (bicyclic) bond motifs is 1. The zero-order chi connectivity index (χ0) is 14.8. The molecule has 0 radical (unpaired) electrons. The van der Waals surface area contributed by atoms with Crippen LogP contribution in [-0.2, 0) is 6.54 Å². The first-order valence-electron chi connectivity index (χ1n) is 6.76. The van der Waals surface area contributed by atoms with Crippen LogP contribution < -0.4 is 5.32 Å². The molecule has 0 spiro atoms. The van der Waals surface area contributed by atoms with Crippen molar-refractivity contribution < 1.29 is 0 Å². The van der Waals surface area contributed by atoms with Crippen molar-refractivity contribution in [2.45, 2.75) is 19.5 Å². The van der Waals surface area contributed by atoms with E-state index >= 15 is 0 Å². The Balaban J connectivity index is 1.74. The van der Waals surface area contributed by atoms with Crippen LogP contribution in [0.3, 0.4) is 0 Å². The zero-order valence-corrected chi connectivity index (χ0v) is 13.0. The number of rotatable bonds is 4. The van der Waals surface area contributed by atoms with Crippen LogP contribution in [0.4, 0.5) is 0 Å². The minimum absolute atomic E-state index is 0.0902. The van der Waals surface area contributed by atoms with E-state index in [1.165, 1.54) is 0 Å². The highest BCUT2D eigenvalue weighted by Gasteiger charge is 2.11. The van der Waals surface area contributed by atoms with Crippen molar-refractivity contribution in [1.82, 2.24) is 15.3 Å². The predicted octanol–water partition coefficient (Wildman–Crippen LogP) is 4.72. The van der Waals surface area contributed by atoms with E-state index < -0.39 is 0 Å². The first-order chi connectivity index (χ1) is 10.1. The van der Waals surface area contributed by atoms with Gasteiger partial charge in [-0.05, 0) is 30.7 Å². The first kappa shape index (κ1) is 14.4. The number of H-pyrrole nitrogens is 1. The Kier molecular flexibility index (Phi) is 4.15. The molecule has 1 heterocycles. The highest BCUT2D eigenvalue weighted by atomic mass is 35.5. The molecule has 5 heteroatoms. The number of hydrogen-bond acceptors (Lipinski definition) is 2. The third-order valence-electron chi connectivity index (χ3n) is 3.45. The number of aromatic nitrogens is 2. The fourth-order valence-corrected chi connectivity index (χ4v) is 2.61. The fraction of sp³-hybridized carbons (Fsp3) is 0.188. The van der Waals surface area contributed by atoms with Gasteiger partial charge < -0.3 is 10.3 Å². The van der Waals surface area contributed by atoms with E-state index in [4.69, 9.17) is 23.2 Å². The van der Waals surface area contributed by atoms with Gasteiger partial charge in [0.05, 0.1) is 27.1 Å². The van der Waals surface area contributed by atoms with Crippen LogP contribution in [0.15, 0.2) is 42.5 Å². The van der Waals surface area contributed by atoms with Gasteiger partial charge in [0, 0.05) is 6.54 Å². The van der Waals surface area contributed by atoms with Crippen LogP contribution >= 0.6 is 23.2 Å². The fourth-order valence-electron chi connectivity index (χ4n) is 2.22. The van der Waals surface area contributed by atoms with Gasteiger partial charge in [-0.2, -0.15) is 0 Å². The number of imidazole rings is 1. The molecule has 0 fully saturated rings. The highest BCUT2D eigenvalue weighted by molar-refractivity contribution is 6.42. The number of aromatic amines is 1. The van der Waals surface area contributed by atoms with Crippen molar-refractivity contribution in [3.8, 4) is 0 Å². The van der Waals surface area contributed by atoms with Crippen molar-refractivity contribution in [1.29, 1.82) is 0 Å². The van der Waals surface area contributed by atoms with E-state index in [1.807, 2.05) is 36.4 Å². The standard InChI is InChI=1S/C16H15Cl2N3/c1-10(16-20-13-7-2-3-8-14(13)21-16)19-9-11-5-4-6-12(17)15(11)18/h2-8,10,19H,9H2,1H3,(H,20,21). The molecule has 108 valence electrons. The lowest BCUT2D eigenvalue weighted by Crippen LogP contribution is -2.19. The molecule has 1 aromatic heterocycles. The van der Waals surface area contributed by atoms with Gasteiger partial charge in [0.2, 0.25) is 0 Å². The molecule has 3 aromatic rings. The molecule has 21 heavy (non-hydrogen) atoms. The topological polar surface area (TPSA) is 40.7 Å². The summed E-state index contributed by atoms with van der Waals surface area (Å²) in [6, 6.07) is 13.7. The predicted molar refractivity (Wildman–Crippen MR) is 87.8 cm³/mol. The number of para-hydroxylation sites is 2. The van der Waals surface area contributed by atoms with Crippen molar-refractivity contribution in [2.24, 2.45) is 0 Å². The van der Waals surface area contributed by atoms with Crippen LogP contribution in [0.2, 0.25) is 10.0 Å². The molecule has 0 amide bonds. The van der Waals surface area contributed by atoms with E-state index in [0.29, 0.717) is 16.6 Å². The number of hydrogen-bond donors (Lipinski definition) is 2. The summed E-state index contributed by atoms with van der Waals surface area (Å²) in [5, 5.41) is 4.58. The summed E-state index contributed by atoms with van der Waals surface area (Å²) in [7, 11) is 0. The van der Waals surface area contributed by atoms with Gasteiger partial charge in [-0.1, -0.05) is 47.5 Å². The number of benzene rings is 2. The molecule has 0 saturated heterocycles. The summed E-state index contributed by atoms with van der Waals surface area (Å²) in [6.45, 7) is 2.70. The Morgan fingerprint density at radius 3 is 2.76 bits per heavy atom. The molecule has 3 nitrogen and oxygen atoms in total. The molecule has 2 N–H and O–H groups in total. The van der Waals surface area contributed by atoms with E-state index in [1.54, 1.807) is 6.07 Å². The summed E-state index contributed by atoms with van der Waals surface area (Å²) in [4.78, 5) is 7.91. The lowest BCUT2D eigenvalue weighted by molar-refractivity contribution is 0.552. The van der Waals surface area contributed by atoms with E-state index in [-0.39, 0.29) is 6.04 Å². The molecule has 3 rings (SSSR count). The smallest absolute Gasteiger partial charge is 0.124 e. The molecule has 0 aliphatic heterocycles. The largest absolute Gasteiger partial charge is 0.341 e. The Labute approximate surface area is 133 Å². The van der Waals surface area contributed by atoms with Crippen LogP contribution in [0.1, 0.15) is 24.4 Å². The number of nitrogens with one attached hydrogen (secondary N) is 2. The van der Waals surface area contributed by atoms with Crippen molar-refractivity contribution in [3.63, 3.8) is 0 Å². The van der Waals surface area contributed by atoms with Crippen molar-refractivity contribution in [2.75, 3.05) is 0 Å². The van der Waals surface area contributed by atoms with Crippen LogP contribution in [0.5, 0.6) is 0 Å². The first-order valence-corrected chi connectivity index (χ1v) is 7.51. The number of nitrogens with zero attached hydrogens (tertiary/aromatic N) is 1. The molecule has 2 aromatic carbocycles. The Hall–Kier alpha value is -1.55. The second-order valence-corrected chi connectivity index (χ2v) is 5.74. The zero-order valence-electron chi connectivity index (χ0n) is 11.5. The van der Waals surface area contributed by atoms with Gasteiger partial charge in [-0.15, -0.1) is 0 Å². The van der Waals surface area contributed by atoms with Gasteiger partial charge in [0.15, 0.2) is 0 Å². The SMILES string of the molecule is CC(NCc1cccc(Cl)c1Cl)c1nc2ccccc2[nH]1. The van der Waals surface area contributed by atoms with Gasteiger partial charge in [0.1, 0.15) is 5.82 Å². The lowest BCUT2D eigenvalue weighted by atomic mass is 10.2. The third kappa shape index (κ3) is 3.05. The van der Waals surface area contributed by atoms with Gasteiger partial charge >= 0.3 is 0 Å². The minimum atomic E-state index is 0.0902. The summed E-state index contributed by atoms with van der Waals surface area (Å²) >= 11 is 12.2. The van der Waals surface area contributed by atoms with Gasteiger partial charge in [0.25, 0.3) is 0 Å². The lowest BCUT2D eigenvalue weighted by Gasteiger charge is -2.12. The maximum atomic E-state index is 6.19. The molecule has 1 unspecified atom stereocenters. The average Bonchev–Trinajstić information content (AvgIpc) is 2.92. The molecule has 0 aliphatic rings. The maximum absolute atomic E-state index is 6.19. The summed E-state index contributed by atoms with van der Waals surface area (Å²) in [6.07, 6.45) is 0. The van der Waals surface area contributed by atoms with Crippen molar-refractivity contribution >= 4 is 34.2 Å². The Morgan fingerprint density at radius 1 is 1.14 bits per heavy atom. The average molecular weight is 320 g/mol. The maximum Gasteiger partial charge on any atom is 0.124 e. The van der Waals surface area contributed by atoms with Crippen LogP contribution in [0.25, 0.3) is 11.0 Å². The van der Waals surface area contributed by atoms with E-state index in [0.717, 1.165) is 22.4 Å². The van der Waals surface area contributed by atoms with Crippen LogP contribution in [0, 0.1) is 0 Å². The second kappa shape index (κ2) is 6.06. The quantitative estimate of drug-likeness (QED) is 0.730. The molecule has 0 saturated carbocycles. The molecular weight excluding hydrogens is 305 g/mol. The summed E-state index contributed by atoms with van der Waals surface area (Å²) in [5.41, 5.74) is 3.00. The van der Waals surface area contributed by atoms with Crippen LogP contribution in [-0.4, -0.2) is 9.97 Å². The minimum Gasteiger partial charge on any atom is -0.341 e. The van der Waals surface area contributed by atoms with E-state index in [2.05, 4.69) is 22.2 Å². The highest BCUT2D eigenvalue weighted by Crippen LogP contribution is 2.26. The van der Waals surface area contributed by atoms with E-state index in [9.17, 15) is 0 Å².